The van der Waals surface area contributed by atoms with Crippen LogP contribution in [0.15, 0.2) is 91.0 Å². The topological polar surface area (TPSA) is 6.48 Å². The maximum absolute atomic E-state index is 2.68. The van der Waals surface area contributed by atoms with Crippen molar-refractivity contribution in [1.29, 1.82) is 0 Å². The lowest BCUT2D eigenvalue weighted by atomic mass is 9.35. The summed E-state index contributed by atoms with van der Waals surface area (Å²) < 4.78 is 2.82. The highest BCUT2D eigenvalue weighted by Crippen LogP contribution is 2.53. The zero-order chi connectivity index (χ0) is 37.7. The molecule has 272 valence electrons. The Kier molecular flexibility index (Phi) is 7.07. The van der Waals surface area contributed by atoms with Crippen LogP contribution in [0, 0.1) is 13.8 Å². The Morgan fingerprint density at radius 2 is 1.07 bits per heavy atom. The van der Waals surface area contributed by atoms with Gasteiger partial charge in [0.2, 0.25) is 0 Å². The molecule has 2 nitrogen and oxygen atoms in total. The average molecular weight is 725 g/mol. The van der Waals surface area contributed by atoms with E-state index in [1.54, 1.807) is 0 Å². The van der Waals surface area contributed by atoms with E-state index in [0.29, 0.717) is 0 Å². The van der Waals surface area contributed by atoms with Gasteiger partial charge in [0.05, 0.1) is 11.4 Å². The molecule has 5 aromatic carbocycles. The minimum Gasteiger partial charge on any atom is -0.311 e. The molecule has 4 aliphatic rings. The molecule has 0 amide bonds. The van der Waals surface area contributed by atoms with Gasteiger partial charge in [0.25, 0.3) is 6.71 Å². The van der Waals surface area contributed by atoms with Crippen molar-refractivity contribution in [2.45, 2.75) is 117 Å². The van der Waals surface area contributed by atoms with Gasteiger partial charge >= 0.3 is 0 Å². The molecule has 0 N–H and O–H groups in total. The standard InChI is InChI=1S/C50H53BN2S/c1-30-15-13-16-31(2)44(30)53-40-19-14-18-39-43(40)51(46-45(53)33-17-11-12-20-42(33)54-46)38-28-36-37(50(9,10)26-25-49(36,7)8)29-41(38)52(39)32-21-22-34-35(27-32)48(5,6)24-23-47(34,3)4/h11-22,27-29H,23-26H2,1-10H3. The Labute approximate surface area is 327 Å². The van der Waals surface area contributed by atoms with Crippen LogP contribution in [0.4, 0.5) is 34.1 Å². The first kappa shape index (κ1) is 34.2. The lowest BCUT2D eigenvalue weighted by molar-refractivity contribution is 0.332. The normalized spacial score (nSPS) is 19.5. The third kappa shape index (κ3) is 4.65. The lowest BCUT2D eigenvalue weighted by Gasteiger charge is -2.47. The number of aryl methyl sites for hydroxylation is 2. The Morgan fingerprint density at radius 1 is 0.519 bits per heavy atom. The Bertz CT molecular complexity index is 2550. The molecular formula is C50H53BN2S. The van der Waals surface area contributed by atoms with Crippen LogP contribution < -0.4 is 25.5 Å². The molecule has 0 atom stereocenters. The molecular weight excluding hydrogens is 671 g/mol. The van der Waals surface area contributed by atoms with Gasteiger partial charge in [-0.1, -0.05) is 110 Å². The number of hydrogen-bond donors (Lipinski definition) is 0. The maximum atomic E-state index is 2.68. The van der Waals surface area contributed by atoms with Gasteiger partial charge in [-0.2, -0.15) is 0 Å². The number of fused-ring (bicyclic) bond motifs is 8. The Hall–Kier alpha value is -4.28. The minimum absolute atomic E-state index is 0.101. The van der Waals surface area contributed by atoms with E-state index < -0.39 is 0 Å². The summed E-state index contributed by atoms with van der Waals surface area (Å²) in [6, 6.07) is 35.8. The molecule has 0 fully saturated rings. The molecule has 0 saturated heterocycles. The highest BCUT2D eigenvalue weighted by Gasteiger charge is 2.48. The fraction of sp³-hybridized carbons (Fsp3) is 0.360. The second-order valence-electron chi connectivity index (χ2n) is 19.6. The van der Waals surface area contributed by atoms with Crippen LogP contribution in [0.5, 0.6) is 0 Å². The van der Waals surface area contributed by atoms with Gasteiger partial charge in [-0.3, -0.25) is 0 Å². The van der Waals surface area contributed by atoms with Crippen LogP contribution in [0.2, 0.25) is 0 Å². The fourth-order valence-corrected chi connectivity index (χ4v) is 12.1. The van der Waals surface area contributed by atoms with Crippen molar-refractivity contribution in [2.24, 2.45) is 0 Å². The van der Waals surface area contributed by atoms with Gasteiger partial charge in [-0.25, -0.2) is 0 Å². The summed E-state index contributed by atoms with van der Waals surface area (Å²) in [6.07, 6.45) is 4.82. The molecule has 1 aromatic heterocycles. The van der Waals surface area contributed by atoms with Crippen molar-refractivity contribution in [2.75, 3.05) is 9.80 Å². The van der Waals surface area contributed by atoms with Gasteiger partial charge in [0.15, 0.2) is 0 Å². The number of rotatable bonds is 2. The van der Waals surface area contributed by atoms with Gasteiger partial charge in [0.1, 0.15) is 0 Å². The third-order valence-electron chi connectivity index (χ3n) is 14.2. The summed E-state index contributed by atoms with van der Waals surface area (Å²) in [4.78, 5) is 5.31. The second-order valence-corrected chi connectivity index (χ2v) is 20.7. The summed E-state index contributed by atoms with van der Waals surface area (Å²) in [5.74, 6) is 0. The molecule has 0 spiro atoms. The lowest BCUT2D eigenvalue weighted by Crippen LogP contribution is -2.61. The molecule has 6 aromatic rings. The van der Waals surface area contributed by atoms with Crippen LogP contribution in [0.1, 0.15) is 114 Å². The zero-order valence-corrected chi connectivity index (χ0v) is 34.7. The number of para-hydroxylation sites is 1. The van der Waals surface area contributed by atoms with Crippen LogP contribution in [0.3, 0.4) is 0 Å². The fourth-order valence-electron chi connectivity index (χ4n) is 10.8. The van der Waals surface area contributed by atoms with Gasteiger partial charge in [-0.05, 0) is 142 Å². The monoisotopic (exact) mass is 724 g/mol. The molecule has 0 saturated carbocycles. The number of thiophene rings is 1. The second kappa shape index (κ2) is 11.2. The molecule has 54 heavy (non-hydrogen) atoms. The summed E-state index contributed by atoms with van der Waals surface area (Å²) in [5, 5.41) is 1.35. The smallest absolute Gasteiger partial charge is 0.264 e. The number of benzene rings is 5. The van der Waals surface area contributed by atoms with E-state index in [2.05, 4.69) is 170 Å². The summed E-state index contributed by atoms with van der Waals surface area (Å²) in [5.41, 5.74) is 20.0. The van der Waals surface area contributed by atoms with Crippen LogP contribution in [0.25, 0.3) is 10.1 Å². The Morgan fingerprint density at radius 3 is 1.74 bits per heavy atom. The van der Waals surface area contributed by atoms with Crippen LogP contribution in [-0.4, -0.2) is 6.71 Å². The van der Waals surface area contributed by atoms with E-state index >= 15 is 0 Å². The van der Waals surface area contributed by atoms with Gasteiger partial charge in [0, 0.05) is 37.6 Å². The van der Waals surface area contributed by atoms with Crippen molar-refractivity contribution in [3.05, 3.63) is 124 Å². The molecule has 0 unspecified atom stereocenters. The summed E-state index contributed by atoms with van der Waals surface area (Å²) in [6.45, 7) is 24.4. The molecule has 0 bridgehead atoms. The van der Waals surface area contributed by atoms with Crippen molar-refractivity contribution >= 4 is 78.0 Å². The zero-order valence-electron chi connectivity index (χ0n) is 33.9. The first-order valence-corrected chi connectivity index (χ1v) is 21.1. The van der Waals surface area contributed by atoms with E-state index in [4.69, 9.17) is 0 Å². The Balaban J connectivity index is 1.34. The van der Waals surface area contributed by atoms with E-state index in [0.717, 1.165) is 0 Å². The number of hydrogen-bond acceptors (Lipinski definition) is 3. The van der Waals surface area contributed by atoms with Crippen LogP contribution >= 0.6 is 11.3 Å². The van der Waals surface area contributed by atoms with Crippen molar-refractivity contribution < 1.29 is 0 Å². The summed E-state index contributed by atoms with van der Waals surface area (Å²) in [7, 11) is 0. The SMILES string of the molecule is Cc1cccc(C)c1N1c2cccc3c2B(c2cc4c(cc2N3c2ccc3c(c2)C(C)(C)CCC3(C)C)C(C)(C)CCC4(C)C)c2sc3ccccc3c21. The van der Waals surface area contributed by atoms with Gasteiger partial charge < -0.3 is 9.80 Å². The van der Waals surface area contributed by atoms with Crippen molar-refractivity contribution in [3.8, 4) is 0 Å². The predicted molar refractivity (Wildman–Crippen MR) is 236 cm³/mol. The van der Waals surface area contributed by atoms with Crippen molar-refractivity contribution in [3.63, 3.8) is 0 Å². The summed E-state index contributed by atoms with van der Waals surface area (Å²) >= 11 is 2.00. The van der Waals surface area contributed by atoms with E-state index in [-0.39, 0.29) is 28.4 Å². The third-order valence-corrected chi connectivity index (χ3v) is 15.4. The van der Waals surface area contributed by atoms with Gasteiger partial charge in [-0.15, -0.1) is 11.3 Å². The number of nitrogens with zero attached hydrogens (tertiary/aromatic N) is 2. The minimum atomic E-state index is 0.101. The number of anilines is 6. The maximum Gasteiger partial charge on any atom is 0.264 e. The largest absolute Gasteiger partial charge is 0.311 e. The van der Waals surface area contributed by atoms with Crippen molar-refractivity contribution in [1.82, 2.24) is 0 Å². The molecule has 2 aliphatic carbocycles. The van der Waals surface area contributed by atoms with E-state index in [1.165, 1.54) is 119 Å². The molecule has 3 heterocycles. The van der Waals surface area contributed by atoms with Crippen LogP contribution in [-0.2, 0) is 21.7 Å². The first-order chi connectivity index (χ1) is 25.6. The molecule has 2 aliphatic heterocycles. The van der Waals surface area contributed by atoms with E-state index in [1.807, 2.05) is 11.3 Å². The molecule has 0 radical (unpaired) electrons. The molecule has 4 heteroatoms. The first-order valence-electron chi connectivity index (χ1n) is 20.2. The highest BCUT2D eigenvalue weighted by molar-refractivity contribution is 7.33. The highest BCUT2D eigenvalue weighted by atomic mass is 32.1. The average Bonchev–Trinajstić information content (AvgIpc) is 3.52. The predicted octanol–water partition coefficient (Wildman–Crippen LogP) is 12.3. The quantitative estimate of drug-likeness (QED) is 0.164. The molecule has 10 rings (SSSR count). The van der Waals surface area contributed by atoms with E-state index in [9.17, 15) is 0 Å².